The third kappa shape index (κ3) is 4.27. The minimum Gasteiger partial charge on any atom is -0.381 e. The van der Waals surface area contributed by atoms with Crippen LogP contribution in [-0.2, 0) is 10.2 Å². The summed E-state index contributed by atoms with van der Waals surface area (Å²) < 4.78 is 5.48. The molecule has 0 bridgehead atoms. The van der Waals surface area contributed by atoms with Gasteiger partial charge in [0.1, 0.15) is 0 Å². The van der Waals surface area contributed by atoms with Crippen LogP contribution in [0, 0.1) is 12.3 Å². The van der Waals surface area contributed by atoms with Gasteiger partial charge in [0.15, 0.2) is 0 Å². The van der Waals surface area contributed by atoms with Gasteiger partial charge in [-0.05, 0) is 32.1 Å². The maximum absolute atomic E-state index is 5.48. The van der Waals surface area contributed by atoms with Gasteiger partial charge < -0.3 is 10.1 Å². The molecular weight excluding hydrogens is 280 g/mol. The van der Waals surface area contributed by atoms with Crippen molar-refractivity contribution in [3.8, 4) is 0 Å². The van der Waals surface area contributed by atoms with Crippen molar-refractivity contribution in [3.05, 3.63) is 15.6 Å². The molecule has 21 heavy (non-hydrogen) atoms. The highest BCUT2D eigenvalue weighted by atomic mass is 32.1. The molecule has 1 aromatic rings. The molecule has 1 atom stereocenters. The molecule has 1 fully saturated rings. The second-order valence-electron chi connectivity index (χ2n) is 7.74. The number of hydrogen-bond acceptors (Lipinski definition) is 4. The van der Waals surface area contributed by atoms with E-state index in [1.165, 1.54) is 15.6 Å². The first-order chi connectivity index (χ1) is 9.71. The van der Waals surface area contributed by atoms with Crippen LogP contribution < -0.4 is 5.32 Å². The van der Waals surface area contributed by atoms with E-state index >= 15 is 0 Å². The summed E-state index contributed by atoms with van der Waals surface area (Å²) >= 11 is 1.86. The molecule has 2 rings (SSSR count). The van der Waals surface area contributed by atoms with Crippen molar-refractivity contribution in [3.63, 3.8) is 0 Å². The van der Waals surface area contributed by atoms with Crippen LogP contribution in [0.5, 0.6) is 0 Å². The Morgan fingerprint density at radius 1 is 1.33 bits per heavy atom. The summed E-state index contributed by atoms with van der Waals surface area (Å²) in [5.74, 6) is 0. The summed E-state index contributed by atoms with van der Waals surface area (Å²) in [6.07, 6.45) is 2.31. The zero-order chi connectivity index (χ0) is 15.7. The zero-order valence-electron chi connectivity index (χ0n) is 14.4. The second-order valence-corrected chi connectivity index (χ2v) is 8.77. The average molecular weight is 311 g/mol. The molecule has 0 radical (unpaired) electrons. The molecule has 120 valence electrons. The molecule has 2 heterocycles. The van der Waals surface area contributed by atoms with Gasteiger partial charge in [-0.3, -0.25) is 0 Å². The zero-order valence-corrected chi connectivity index (χ0v) is 15.2. The molecule has 1 saturated heterocycles. The van der Waals surface area contributed by atoms with E-state index in [9.17, 15) is 0 Å². The maximum atomic E-state index is 5.48. The van der Waals surface area contributed by atoms with Crippen LogP contribution in [0.1, 0.15) is 69.1 Å². The molecule has 3 nitrogen and oxygen atoms in total. The summed E-state index contributed by atoms with van der Waals surface area (Å²) in [6.45, 7) is 16.3. The van der Waals surface area contributed by atoms with E-state index in [1.54, 1.807) is 0 Å². The van der Waals surface area contributed by atoms with Crippen LogP contribution in [0.25, 0.3) is 0 Å². The van der Waals surface area contributed by atoms with Gasteiger partial charge in [0.05, 0.1) is 10.7 Å². The van der Waals surface area contributed by atoms with Crippen molar-refractivity contribution in [1.29, 1.82) is 0 Å². The van der Waals surface area contributed by atoms with Crippen LogP contribution in [0.15, 0.2) is 0 Å². The first-order valence-corrected chi connectivity index (χ1v) is 8.82. The third-order valence-electron chi connectivity index (χ3n) is 4.40. The largest absolute Gasteiger partial charge is 0.381 e. The highest BCUT2D eigenvalue weighted by molar-refractivity contribution is 7.12. The molecule has 4 heteroatoms. The lowest BCUT2D eigenvalue weighted by Gasteiger charge is -2.34. The van der Waals surface area contributed by atoms with E-state index in [0.29, 0.717) is 11.5 Å². The van der Waals surface area contributed by atoms with Gasteiger partial charge in [0.25, 0.3) is 0 Å². The monoisotopic (exact) mass is 310 g/mol. The SMILES string of the molecule is Cc1nc(C(C)(C)C)sc1C(C)NCC1(C)CCOCC1. The Morgan fingerprint density at radius 2 is 1.95 bits per heavy atom. The van der Waals surface area contributed by atoms with Gasteiger partial charge in [-0.1, -0.05) is 27.7 Å². The Balaban J connectivity index is 2.00. The lowest BCUT2D eigenvalue weighted by molar-refractivity contribution is 0.0231. The summed E-state index contributed by atoms with van der Waals surface area (Å²) in [5, 5.41) is 4.97. The van der Waals surface area contributed by atoms with E-state index < -0.39 is 0 Å². The Kier molecular flexibility index (Phi) is 5.11. The van der Waals surface area contributed by atoms with E-state index in [1.807, 2.05) is 11.3 Å². The third-order valence-corrected chi connectivity index (χ3v) is 6.17. The average Bonchev–Trinajstić information content (AvgIpc) is 2.79. The molecule has 0 saturated carbocycles. The van der Waals surface area contributed by atoms with E-state index in [2.05, 4.69) is 46.9 Å². The van der Waals surface area contributed by atoms with Crippen molar-refractivity contribution >= 4 is 11.3 Å². The van der Waals surface area contributed by atoms with Crippen molar-refractivity contribution < 1.29 is 4.74 Å². The van der Waals surface area contributed by atoms with E-state index in [4.69, 9.17) is 9.72 Å². The fourth-order valence-electron chi connectivity index (χ4n) is 2.66. The molecule has 1 aliphatic heterocycles. The Hall–Kier alpha value is -0.450. The highest BCUT2D eigenvalue weighted by Crippen LogP contribution is 2.34. The van der Waals surface area contributed by atoms with Gasteiger partial charge in [-0.2, -0.15) is 0 Å². The Morgan fingerprint density at radius 3 is 2.48 bits per heavy atom. The first kappa shape index (κ1) is 16.9. The summed E-state index contributed by atoms with van der Waals surface area (Å²) in [6, 6.07) is 0.373. The predicted molar refractivity (Wildman–Crippen MR) is 90.1 cm³/mol. The van der Waals surface area contributed by atoms with Crippen molar-refractivity contribution in [2.75, 3.05) is 19.8 Å². The summed E-state index contributed by atoms with van der Waals surface area (Å²) in [5.41, 5.74) is 1.69. The van der Waals surface area contributed by atoms with Gasteiger partial charge in [-0.15, -0.1) is 11.3 Å². The van der Waals surface area contributed by atoms with Gasteiger partial charge in [0, 0.05) is 36.1 Å². The number of thiazole rings is 1. The lowest BCUT2D eigenvalue weighted by Crippen LogP contribution is -2.37. The van der Waals surface area contributed by atoms with Gasteiger partial charge in [-0.25, -0.2) is 4.98 Å². The van der Waals surface area contributed by atoms with E-state index in [-0.39, 0.29) is 5.41 Å². The van der Waals surface area contributed by atoms with Crippen LogP contribution in [-0.4, -0.2) is 24.7 Å². The second kappa shape index (κ2) is 6.35. The number of aryl methyl sites for hydroxylation is 1. The topological polar surface area (TPSA) is 34.2 Å². The summed E-state index contributed by atoms with van der Waals surface area (Å²) in [4.78, 5) is 6.16. The molecule has 0 spiro atoms. The smallest absolute Gasteiger partial charge is 0.0985 e. The first-order valence-electron chi connectivity index (χ1n) is 8.00. The minimum atomic E-state index is 0.139. The van der Waals surface area contributed by atoms with Crippen LogP contribution in [0.4, 0.5) is 0 Å². The molecular formula is C17H30N2OS. The predicted octanol–water partition coefficient (Wildman–Crippen LogP) is 4.22. The summed E-state index contributed by atoms with van der Waals surface area (Å²) in [7, 11) is 0. The number of hydrogen-bond donors (Lipinski definition) is 1. The fourth-order valence-corrected chi connectivity index (χ4v) is 3.81. The lowest BCUT2D eigenvalue weighted by atomic mass is 9.82. The quantitative estimate of drug-likeness (QED) is 0.904. The van der Waals surface area contributed by atoms with Crippen molar-refractivity contribution in [2.24, 2.45) is 5.41 Å². The number of nitrogens with zero attached hydrogens (tertiary/aromatic N) is 1. The normalized spacial score (nSPS) is 20.5. The molecule has 1 N–H and O–H groups in total. The van der Waals surface area contributed by atoms with Crippen LogP contribution in [0.3, 0.4) is 0 Å². The fraction of sp³-hybridized carbons (Fsp3) is 0.824. The van der Waals surface area contributed by atoms with E-state index in [0.717, 1.165) is 32.6 Å². The van der Waals surface area contributed by atoms with Gasteiger partial charge >= 0.3 is 0 Å². The molecule has 0 aliphatic carbocycles. The molecule has 1 aromatic heterocycles. The van der Waals surface area contributed by atoms with Crippen molar-refractivity contribution in [1.82, 2.24) is 10.3 Å². The molecule has 0 aromatic carbocycles. The Labute approximate surface area is 133 Å². The number of ether oxygens (including phenoxy) is 1. The highest BCUT2D eigenvalue weighted by Gasteiger charge is 2.28. The standard InChI is InChI=1S/C17H30N2OS/c1-12(18-11-17(6)7-9-20-10-8-17)14-13(2)19-15(21-14)16(3,4)5/h12,18H,7-11H2,1-6H3. The molecule has 1 aliphatic rings. The van der Waals surface area contributed by atoms with Crippen LogP contribution in [0.2, 0.25) is 0 Å². The number of nitrogens with one attached hydrogen (secondary N) is 1. The van der Waals surface area contributed by atoms with Gasteiger partial charge in [0.2, 0.25) is 0 Å². The minimum absolute atomic E-state index is 0.139. The maximum Gasteiger partial charge on any atom is 0.0985 e. The number of aromatic nitrogens is 1. The Bertz CT molecular complexity index is 470. The van der Waals surface area contributed by atoms with Crippen LogP contribution >= 0.6 is 11.3 Å². The number of rotatable bonds is 4. The molecule has 1 unspecified atom stereocenters. The van der Waals surface area contributed by atoms with Crippen molar-refractivity contribution in [2.45, 2.75) is 65.8 Å². The molecule has 0 amide bonds.